The number of likely N-dealkylation sites (N-methyl/N-ethyl adjacent to an activating group) is 1. The molecule has 0 spiro atoms. The van der Waals surface area contributed by atoms with Gasteiger partial charge in [-0.15, -0.1) is 0 Å². The Labute approximate surface area is 223 Å². The molecule has 5 aromatic rings. The van der Waals surface area contributed by atoms with Gasteiger partial charge in [0.2, 0.25) is 0 Å². The highest BCUT2D eigenvalue weighted by Crippen LogP contribution is 2.53. The van der Waals surface area contributed by atoms with Crippen LogP contribution in [0.2, 0.25) is 0 Å². The predicted octanol–water partition coefficient (Wildman–Crippen LogP) is 3.34. The number of benzene rings is 3. The van der Waals surface area contributed by atoms with Crippen molar-refractivity contribution in [3.8, 4) is 0 Å². The summed E-state index contributed by atoms with van der Waals surface area (Å²) >= 11 is 0. The number of aromatic nitrogens is 2. The van der Waals surface area contributed by atoms with Crippen molar-refractivity contribution in [1.29, 1.82) is 0 Å². The number of rotatable bonds is 4. The van der Waals surface area contributed by atoms with Gasteiger partial charge in [0.05, 0.1) is 40.8 Å². The lowest BCUT2D eigenvalue weighted by atomic mass is 9.93. The smallest absolute Gasteiger partial charge is 0.252 e. The molecule has 0 aliphatic carbocycles. The van der Waals surface area contributed by atoms with Gasteiger partial charge in [0, 0.05) is 47.7 Å². The molecule has 3 aliphatic rings. The number of hydrogen-bond donors (Lipinski definition) is 4. The minimum absolute atomic E-state index is 0.00311. The fourth-order valence-corrected chi connectivity index (χ4v) is 7.73. The first kappa shape index (κ1) is 23.4. The summed E-state index contributed by atoms with van der Waals surface area (Å²) in [7, 11) is 3.69. The van der Waals surface area contributed by atoms with Crippen molar-refractivity contribution >= 4 is 49.5 Å². The minimum Gasteiger partial charge on any atom is -0.392 e. The molecule has 9 heteroatoms. The third kappa shape index (κ3) is 2.69. The molecule has 0 unspecified atom stereocenters. The second-order valence-corrected chi connectivity index (χ2v) is 11.1. The first-order chi connectivity index (χ1) is 18.9. The third-order valence-electron chi connectivity index (χ3n) is 9.28. The highest BCUT2D eigenvalue weighted by Gasteiger charge is 2.53. The molecule has 0 saturated carbocycles. The van der Waals surface area contributed by atoms with Crippen LogP contribution in [0.3, 0.4) is 0 Å². The lowest BCUT2D eigenvalue weighted by Crippen LogP contribution is -2.59. The number of aliphatic hydroxyl groups is 2. The van der Waals surface area contributed by atoms with Crippen molar-refractivity contribution in [3.05, 3.63) is 58.7 Å². The van der Waals surface area contributed by atoms with Crippen LogP contribution in [0.25, 0.3) is 43.6 Å². The maximum Gasteiger partial charge on any atom is 0.252 e. The van der Waals surface area contributed by atoms with Gasteiger partial charge in [0.15, 0.2) is 5.72 Å². The summed E-state index contributed by atoms with van der Waals surface area (Å²) in [4.78, 5) is 13.5. The maximum atomic E-state index is 13.5. The Balaban J connectivity index is 1.70. The fraction of sp³-hybridized carbons (Fsp3) is 0.367. The maximum absolute atomic E-state index is 13.5. The van der Waals surface area contributed by atoms with Crippen LogP contribution in [0.5, 0.6) is 0 Å². The number of carbonyl (C=O) groups is 1. The van der Waals surface area contributed by atoms with Crippen LogP contribution in [-0.2, 0) is 35.0 Å². The van der Waals surface area contributed by atoms with Crippen LogP contribution in [0.15, 0.2) is 36.4 Å². The van der Waals surface area contributed by atoms with E-state index in [1.165, 1.54) is 0 Å². The summed E-state index contributed by atoms with van der Waals surface area (Å²) in [6, 6.07) is 12.0. The zero-order valence-corrected chi connectivity index (χ0v) is 22.0. The number of aliphatic hydroxyl groups excluding tert-OH is 2. The quantitative estimate of drug-likeness (QED) is 0.286. The Kier molecular flexibility index (Phi) is 4.69. The average molecular weight is 527 g/mol. The van der Waals surface area contributed by atoms with Crippen LogP contribution in [0, 0.1) is 0 Å². The standard InChI is InChI=1S/C30H30N4O5/c1-30-28(38-3)19(31-2)10-22(39-30)33-20-6-4-14(12-35)8-16(20)24-25-18(11-32-29(25)37)23-17-9-15(13-36)5-7-21(17)34(30)27(23)26(24)33/h4-9,19,22,28,31,35-36H,10-13H2,1-3H3,(H,32,37)/t19-,22-,28-,30+/m1/s1. The largest absolute Gasteiger partial charge is 0.392 e. The van der Waals surface area contributed by atoms with Gasteiger partial charge in [-0.2, -0.15) is 0 Å². The highest BCUT2D eigenvalue weighted by molar-refractivity contribution is 6.31. The molecule has 0 radical (unpaired) electrons. The van der Waals surface area contributed by atoms with Crippen molar-refractivity contribution in [2.24, 2.45) is 0 Å². The van der Waals surface area contributed by atoms with Gasteiger partial charge < -0.3 is 39.5 Å². The van der Waals surface area contributed by atoms with E-state index in [9.17, 15) is 15.0 Å². The molecule has 9 nitrogen and oxygen atoms in total. The summed E-state index contributed by atoms with van der Waals surface area (Å²) in [6.45, 7) is 2.35. The van der Waals surface area contributed by atoms with Gasteiger partial charge in [0.1, 0.15) is 12.3 Å². The first-order valence-electron chi connectivity index (χ1n) is 13.4. The molecule has 1 amide bonds. The second kappa shape index (κ2) is 7.80. The molecule has 2 aromatic heterocycles. The monoisotopic (exact) mass is 526 g/mol. The van der Waals surface area contributed by atoms with E-state index in [0.29, 0.717) is 18.5 Å². The summed E-state index contributed by atoms with van der Waals surface area (Å²) in [6.07, 6.45) is 0.0548. The molecule has 2 bridgehead atoms. The zero-order valence-electron chi connectivity index (χ0n) is 22.0. The van der Waals surface area contributed by atoms with Crippen molar-refractivity contribution < 1.29 is 24.5 Å². The highest BCUT2D eigenvalue weighted by atomic mass is 16.6. The van der Waals surface area contributed by atoms with Gasteiger partial charge in [-0.3, -0.25) is 4.79 Å². The fourth-order valence-electron chi connectivity index (χ4n) is 7.73. The molecule has 8 rings (SSSR count). The Hall–Kier alpha value is -3.47. The number of ether oxygens (including phenoxy) is 2. The first-order valence-corrected chi connectivity index (χ1v) is 13.4. The van der Waals surface area contributed by atoms with E-state index >= 15 is 0 Å². The van der Waals surface area contributed by atoms with E-state index in [4.69, 9.17) is 9.47 Å². The normalized spacial score (nSPS) is 25.8. The van der Waals surface area contributed by atoms with Crippen molar-refractivity contribution in [2.75, 3.05) is 14.2 Å². The molecule has 4 atom stereocenters. The zero-order chi connectivity index (χ0) is 26.8. The Morgan fingerprint density at radius 3 is 2.44 bits per heavy atom. The van der Waals surface area contributed by atoms with E-state index in [-0.39, 0.29) is 37.5 Å². The summed E-state index contributed by atoms with van der Waals surface area (Å²) in [5, 5.41) is 30.4. The Bertz CT molecular complexity index is 1890. The predicted molar refractivity (Wildman–Crippen MR) is 147 cm³/mol. The van der Waals surface area contributed by atoms with Gasteiger partial charge in [0.25, 0.3) is 5.91 Å². The number of carbonyl (C=O) groups excluding carboxylic acids is 1. The van der Waals surface area contributed by atoms with E-state index in [0.717, 1.165) is 60.3 Å². The lowest BCUT2D eigenvalue weighted by molar-refractivity contribution is -0.256. The van der Waals surface area contributed by atoms with Crippen LogP contribution >= 0.6 is 0 Å². The van der Waals surface area contributed by atoms with Crippen molar-refractivity contribution in [2.45, 2.75) is 57.2 Å². The van der Waals surface area contributed by atoms with Gasteiger partial charge in [-0.05, 0) is 54.9 Å². The number of amides is 1. The van der Waals surface area contributed by atoms with Gasteiger partial charge >= 0.3 is 0 Å². The molecule has 1 saturated heterocycles. The summed E-state index contributed by atoms with van der Waals surface area (Å²) in [5.74, 6) is -0.0956. The van der Waals surface area contributed by atoms with Crippen molar-refractivity contribution in [3.63, 3.8) is 0 Å². The average Bonchev–Trinajstić information content (AvgIpc) is 3.59. The van der Waals surface area contributed by atoms with E-state index in [2.05, 4.69) is 26.7 Å². The molecule has 39 heavy (non-hydrogen) atoms. The van der Waals surface area contributed by atoms with E-state index < -0.39 is 5.72 Å². The SMILES string of the molecule is CN[C@@H]1C[C@H]2O[C@@](C)([C@@H]1OC)n1c3ccc(CO)cc3c3c4c(c5c6cc(CO)ccc6n2c5c31)C(=O)NC4. The van der Waals surface area contributed by atoms with Crippen LogP contribution < -0.4 is 10.6 Å². The molecule has 4 N–H and O–H groups in total. The van der Waals surface area contributed by atoms with Crippen LogP contribution in [-0.4, -0.2) is 51.6 Å². The topological polar surface area (TPSA) is 110 Å². The molecule has 200 valence electrons. The van der Waals surface area contributed by atoms with E-state index in [1.54, 1.807) is 7.11 Å². The number of nitrogens with zero attached hydrogens (tertiary/aromatic N) is 2. The number of nitrogens with one attached hydrogen (secondary N) is 2. The van der Waals surface area contributed by atoms with Crippen LogP contribution in [0.4, 0.5) is 0 Å². The number of hydrogen-bond acceptors (Lipinski definition) is 6. The van der Waals surface area contributed by atoms with E-state index in [1.807, 2.05) is 43.4 Å². The molecule has 5 heterocycles. The van der Waals surface area contributed by atoms with Gasteiger partial charge in [-0.1, -0.05) is 12.1 Å². The number of fused-ring (bicyclic) bond motifs is 13. The molecular weight excluding hydrogens is 496 g/mol. The number of methoxy groups -OCH3 is 1. The summed E-state index contributed by atoms with van der Waals surface area (Å²) in [5.41, 5.74) is 6.23. The Morgan fingerprint density at radius 1 is 1.08 bits per heavy atom. The minimum atomic E-state index is -0.875. The van der Waals surface area contributed by atoms with Crippen LogP contribution in [0.1, 0.15) is 46.6 Å². The Morgan fingerprint density at radius 2 is 1.77 bits per heavy atom. The summed E-state index contributed by atoms with van der Waals surface area (Å²) < 4.78 is 17.8. The molecule has 3 aromatic carbocycles. The second-order valence-electron chi connectivity index (χ2n) is 11.1. The lowest BCUT2D eigenvalue weighted by Gasteiger charge is -2.48. The van der Waals surface area contributed by atoms with Gasteiger partial charge in [-0.25, -0.2) is 0 Å². The molecule has 3 aliphatic heterocycles. The van der Waals surface area contributed by atoms with Crippen molar-refractivity contribution in [1.82, 2.24) is 19.8 Å². The third-order valence-corrected chi connectivity index (χ3v) is 9.28. The molecular formula is C30H30N4O5. The molecule has 1 fully saturated rings.